The molecule has 0 aliphatic carbocycles. The first-order valence-corrected chi connectivity index (χ1v) is 5.93. The molecule has 1 rings (SSSR count). The van der Waals surface area contributed by atoms with Crippen LogP contribution in [0.5, 0.6) is 0 Å². The van der Waals surface area contributed by atoms with Gasteiger partial charge >= 0.3 is 47.7 Å². The Labute approximate surface area is 141 Å². The fourth-order valence-corrected chi connectivity index (χ4v) is 1.46. The summed E-state index contributed by atoms with van der Waals surface area (Å²) in [6.07, 6.45) is -7.66. The topological polar surface area (TPSA) is 64.9 Å². The number of nitrogens with zero attached hydrogens (tertiary/aromatic N) is 2. The molecule has 2 N–H and O–H groups in total. The van der Waals surface area contributed by atoms with Crippen molar-refractivity contribution in [3.63, 3.8) is 0 Å². The molecule has 0 unspecified atom stereocenters. The van der Waals surface area contributed by atoms with Gasteiger partial charge in [-0.3, -0.25) is 0 Å². The predicted molar refractivity (Wildman–Crippen MR) is 53.4 cm³/mol. The maximum Gasteiger partial charge on any atom is 0.460 e. The van der Waals surface area contributed by atoms with Gasteiger partial charge in [0.1, 0.15) is 0 Å². The lowest BCUT2D eigenvalue weighted by atomic mass is 9.91. The van der Waals surface area contributed by atoms with E-state index in [-0.39, 0.29) is 0 Å². The van der Waals surface area contributed by atoms with E-state index in [1.54, 1.807) is 0 Å². The summed E-state index contributed by atoms with van der Waals surface area (Å²) in [6.45, 7) is 0. The third-order valence-corrected chi connectivity index (χ3v) is 3.04. The third-order valence-electron chi connectivity index (χ3n) is 3.04. The normalized spacial score (nSPS) is 15.8. The van der Waals surface area contributed by atoms with Crippen molar-refractivity contribution in [1.82, 2.24) is 10.2 Å². The van der Waals surface area contributed by atoms with Gasteiger partial charge in [-0.05, 0) is 0 Å². The van der Waals surface area contributed by atoms with E-state index in [4.69, 9.17) is 0 Å². The molecule has 0 saturated carbocycles. The summed E-state index contributed by atoms with van der Waals surface area (Å²) in [6, 6.07) is -1.53. The average molecular weight is 453 g/mol. The van der Waals surface area contributed by atoms with Crippen LogP contribution in [0.3, 0.4) is 0 Å². The van der Waals surface area contributed by atoms with Crippen molar-refractivity contribution in [1.29, 1.82) is 0 Å². The van der Waals surface area contributed by atoms with Gasteiger partial charge in [0.15, 0.2) is 0 Å². The summed E-state index contributed by atoms with van der Waals surface area (Å²) in [7, 11) is 0. The number of aromatic nitrogens is 2. The van der Waals surface area contributed by atoms with Gasteiger partial charge in [-0.25, -0.2) is 0 Å². The summed E-state index contributed by atoms with van der Waals surface area (Å²) in [5.74, 6) is -50.4. The summed E-state index contributed by atoms with van der Waals surface area (Å²) < 4.78 is 197. The number of hydrogen-bond donors (Lipinski definition) is 1. The fourth-order valence-electron chi connectivity index (χ4n) is 1.46. The fraction of sp³-hybridized carbons (Fsp3) is 0.778. The maximum absolute atomic E-state index is 13.4. The Kier molecular flexibility index (Phi) is 5.08. The first-order chi connectivity index (χ1) is 12.0. The molecule has 28 heavy (non-hydrogen) atoms. The lowest BCUT2D eigenvalue weighted by Crippen LogP contribution is -2.72. The maximum atomic E-state index is 13.4. The Morgan fingerprint density at radius 1 is 0.536 bits per heavy atom. The van der Waals surface area contributed by atoms with Gasteiger partial charge in [0.25, 0.3) is 5.89 Å². The minimum atomic E-state index is -8.38. The van der Waals surface area contributed by atoms with Crippen LogP contribution in [0.25, 0.3) is 0 Å². The molecule has 0 radical (unpaired) electrons. The van der Waals surface area contributed by atoms with Crippen molar-refractivity contribution >= 4 is 6.01 Å². The molecule has 0 aliphatic heterocycles. The number of alkyl halides is 15. The zero-order valence-corrected chi connectivity index (χ0v) is 12.0. The quantitative estimate of drug-likeness (QED) is 0.646. The number of hydrogen-bond acceptors (Lipinski definition) is 4. The molecule has 19 heteroatoms. The van der Waals surface area contributed by atoms with Crippen LogP contribution in [0, 0.1) is 0 Å². The summed E-state index contributed by atoms with van der Waals surface area (Å²) in [4.78, 5) is 0. The van der Waals surface area contributed by atoms with Crippen LogP contribution in [0.1, 0.15) is 5.89 Å². The van der Waals surface area contributed by atoms with Crippen molar-refractivity contribution in [2.45, 2.75) is 41.7 Å². The monoisotopic (exact) mass is 453 g/mol. The largest absolute Gasteiger partial charge is 0.460 e. The van der Waals surface area contributed by atoms with E-state index in [0.717, 1.165) is 0 Å². The smallest absolute Gasteiger partial charge is 0.402 e. The van der Waals surface area contributed by atoms with Crippen LogP contribution in [0.4, 0.5) is 71.9 Å². The van der Waals surface area contributed by atoms with Crippen LogP contribution in [-0.4, -0.2) is 46.0 Å². The Hall–Kier alpha value is -2.11. The van der Waals surface area contributed by atoms with Crippen LogP contribution >= 0.6 is 0 Å². The minimum Gasteiger partial charge on any atom is -0.402 e. The standard InChI is InChI=1S/C9H2F15N3O/c10-3(11,1-26-27-2(25)28-1)4(12,13)5(14,15)6(16,17)7(18,19)8(20,21)9(22,23)24/h(H2,25,27). The molecule has 0 aromatic carbocycles. The zero-order valence-electron chi connectivity index (χ0n) is 12.0. The molecule has 0 atom stereocenters. The number of rotatable bonds is 6. The van der Waals surface area contributed by atoms with E-state index < -0.39 is 53.6 Å². The van der Waals surface area contributed by atoms with E-state index in [2.05, 4.69) is 15.2 Å². The van der Waals surface area contributed by atoms with E-state index in [1.165, 1.54) is 0 Å². The van der Waals surface area contributed by atoms with Crippen LogP contribution in [0.15, 0.2) is 4.42 Å². The summed E-state index contributed by atoms with van der Waals surface area (Å²) >= 11 is 0. The molecule has 0 fully saturated rings. The molecule has 4 nitrogen and oxygen atoms in total. The Bertz CT molecular complexity index is 721. The highest BCUT2D eigenvalue weighted by Gasteiger charge is 2.94. The highest BCUT2D eigenvalue weighted by molar-refractivity contribution is 5.17. The number of nitrogens with two attached hydrogens (primary N) is 1. The summed E-state index contributed by atoms with van der Waals surface area (Å²) in [5, 5.41) is 4.19. The van der Waals surface area contributed by atoms with Gasteiger partial charge < -0.3 is 10.2 Å². The van der Waals surface area contributed by atoms with Gasteiger partial charge in [-0.2, -0.15) is 65.9 Å². The lowest BCUT2D eigenvalue weighted by molar-refractivity contribution is -0.454. The van der Waals surface area contributed by atoms with Crippen LogP contribution in [0.2, 0.25) is 0 Å². The van der Waals surface area contributed by atoms with Gasteiger partial charge in [0.05, 0.1) is 0 Å². The molecule has 0 saturated heterocycles. The second-order valence-electron chi connectivity index (χ2n) is 4.89. The second kappa shape index (κ2) is 5.94. The van der Waals surface area contributed by atoms with E-state index in [1.807, 2.05) is 5.10 Å². The second-order valence-corrected chi connectivity index (χ2v) is 4.89. The van der Waals surface area contributed by atoms with Gasteiger partial charge in [0.2, 0.25) is 0 Å². The van der Waals surface area contributed by atoms with E-state index >= 15 is 0 Å². The molecular formula is C9H2F15N3O. The zero-order chi connectivity index (χ0) is 22.8. The van der Waals surface area contributed by atoms with Crippen LogP contribution < -0.4 is 5.73 Å². The Morgan fingerprint density at radius 3 is 1.21 bits per heavy atom. The SMILES string of the molecule is Nc1nnc(C(F)(F)C(F)(F)C(F)(F)C(F)(F)C(F)(F)C(F)(F)C(F)(F)F)o1. The first kappa shape index (κ1) is 23.9. The molecule has 0 bridgehead atoms. The predicted octanol–water partition coefficient (Wildman–Crippen LogP) is 4.48. The van der Waals surface area contributed by atoms with Gasteiger partial charge in [-0.1, -0.05) is 5.10 Å². The minimum absolute atomic E-state index is 1.53. The van der Waals surface area contributed by atoms with E-state index in [9.17, 15) is 65.9 Å². The molecule has 0 amide bonds. The first-order valence-electron chi connectivity index (χ1n) is 5.93. The average Bonchev–Trinajstić information content (AvgIpc) is 2.92. The van der Waals surface area contributed by atoms with Crippen molar-refractivity contribution < 1.29 is 70.3 Å². The lowest BCUT2D eigenvalue weighted by Gasteiger charge is -2.40. The van der Waals surface area contributed by atoms with Crippen molar-refractivity contribution in [2.24, 2.45) is 0 Å². The van der Waals surface area contributed by atoms with Crippen molar-refractivity contribution in [3.05, 3.63) is 5.89 Å². The molecule has 1 aromatic heterocycles. The van der Waals surface area contributed by atoms with Crippen LogP contribution in [-0.2, 0) is 5.92 Å². The highest BCUT2D eigenvalue weighted by atomic mass is 19.4. The number of halogens is 15. The molecular weight excluding hydrogens is 451 g/mol. The van der Waals surface area contributed by atoms with Crippen molar-refractivity contribution in [3.8, 4) is 0 Å². The molecule has 1 heterocycles. The molecule has 0 spiro atoms. The Balaban J connectivity index is 3.61. The van der Waals surface area contributed by atoms with Gasteiger partial charge in [0, 0.05) is 0 Å². The molecule has 0 aliphatic rings. The Morgan fingerprint density at radius 2 is 0.893 bits per heavy atom. The summed E-state index contributed by atoms with van der Waals surface area (Å²) in [5.41, 5.74) is 4.49. The number of anilines is 1. The number of nitrogen functional groups attached to an aromatic ring is 1. The third kappa shape index (κ3) is 2.80. The highest BCUT2D eigenvalue weighted by Crippen LogP contribution is 2.63. The van der Waals surface area contributed by atoms with Gasteiger partial charge in [-0.15, -0.1) is 5.10 Å². The van der Waals surface area contributed by atoms with Crippen molar-refractivity contribution in [2.75, 3.05) is 5.73 Å². The molecule has 1 aromatic rings. The van der Waals surface area contributed by atoms with E-state index in [0.29, 0.717) is 0 Å². The molecule has 164 valence electrons.